The lowest BCUT2D eigenvalue weighted by Gasteiger charge is -2.48. The van der Waals surface area contributed by atoms with Gasteiger partial charge in [0.15, 0.2) is 0 Å². The Morgan fingerprint density at radius 1 is 1.10 bits per heavy atom. The number of nitriles is 1. The number of hydrogen-bond donors (Lipinski definition) is 1. The summed E-state index contributed by atoms with van der Waals surface area (Å²) < 4.78 is 1.75. The maximum atomic E-state index is 9.31. The molecule has 0 spiro atoms. The number of para-hydroxylation sites is 2. The van der Waals surface area contributed by atoms with E-state index in [9.17, 15) is 5.26 Å². The summed E-state index contributed by atoms with van der Waals surface area (Å²) in [5.74, 6) is 1.24. The molecule has 2 heterocycles. The van der Waals surface area contributed by atoms with E-state index in [2.05, 4.69) is 49.5 Å². The third-order valence-electron chi connectivity index (χ3n) is 5.44. The Morgan fingerprint density at radius 2 is 1.84 bits per heavy atom. The quantitative estimate of drug-likeness (QED) is 0.399. The standard InChI is InChI=1S/C22H25N9/c1-17-9-7-8-12-19(17)25-20(24-16-23)30-14-13-29(15-22(30,2)3)21-26-27-28-31(21)18-10-5-4-6-11-18/h4-12H,13-15H2,1-3H3,(H,24,25). The fraction of sp³-hybridized carbons (Fsp3) is 0.318. The molecule has 9 nitrogen and oxygen atoms in total. The van der Waals surface area contributed by atoms with Gasteiger partial charge in [0, 0.05) is 25.3 Å². The van der Waals surface area contributed by atoms with E-state index >= 15 is 0 Å². The van der Waals surface area contributed by atoms with Gasteiger partial charge >= 0.3 is 0 Å². The fourth-order valence-corrected chi connectivity index (χ4v) is 3.87. The maximum Gasteiger partial charge on any atom is 0.250 e. The molecule has 1 aromatic heterocycles. The van der Waals surface area contributed by atoms with Gasteiger partial charge in [0.05, 0.1) is 11.2 Å². The van der Waals surface area contributed by atoms with Gasteiger partial charge in [0.25, 0.3) is 5.95 Å². The van der Waals surface area contributed by atoms with Crippen molar-refractivity contribution in [3.05, 3.63) is 60.2 Å². The summed E-state index contributed by atoms with van der Waals surface area (Å²) in [6, 6.07) is 17.8. The Balaban J connectivity index is 1.57. The number of nitrogens with zero attached hydrogens (tertiary/aromatic N) is 8. The van der Waals surface area contributed by atoms with Crippen molar-refractivity contribution >= 4 is 17.6 Å². The molecule has 31 heavy (non-hydrogen) atoms. The second kappa shape index (κ2) is 8.44. The lowest BCUT2D eigenvalue weighted by Crippen LogP contribution is -2.62. The van der Waals surface area contributed by atoms with Crippen LogP contribution >= 0.6 is 0 Å². The summed E-state index contributed by atoms with van der Waals surface area (Å²) in [5, 5.41) is 25.0. The highest BCUT2D eigenvalue weighted by molar-refractivity contribution is 5.95. The third-order valence-corrected chi connectivity index (χ3v) is 5.44. The average molecular weight is 416 g/mol. The predicted molar refractivity (Wildman–Crippen MR) is 120 cm³/mol. The van der Waals surface area contributed by atoms with E-state index in [0.29, 0.717) is 31.5 Å². The molecule has 158 valence electrons. The maximum absolute atomic E-state index is 9.31. The molecule has 1 N–H and O–H groups in total. The third kappa shape index (κ3) is 4.19. The molecule has 0 saturated carbocycles. The first kappa shape index (κ1) is 20.3. The summed E-state index contributed by atoms with van der Waals surface area (Å²) in [5.41, 5.74) is 2.61. The van der Waals surface area contributed by atoms with Crippen LogP contribution in [0.15, 0.2) is 59.6 Å². The molecule has 9 heteroatoms. The number of aromatic nitrogens is 4. The van der Waals surface area contributed by atoms with Crippen LogP contribution in [0.4, 0.5) is 11.6 Å². The highest BCUT2D eigenvalue weighted by atomic mass is 15.6. The van der Waals surface area contributed by atoms with Crippen LogP contribution in [-0.4, -0.2) is 56.2 Å². The first-order chi connectivity index (χ1) is 15.0. The van der Waals surface area contributed by atoms with E-state index in [1.165, 1.54) is 0 Å². The normalized spacial score (nSPS) is 16.1. The smallest absolute Gasteiger partial charge is 0.250 e. The Hall–Kier alpha value is -3.93. The Morgan fingerprint density at radius 3 is 2.55 bits per heavy atom. The van der Waals surface area contributed by atoms with Gasteiger partial charge in [-0.1, -0.05) is 41.5 Å². The molecule has 0 radical (unpaired) electrons. The summed E-state index contributed by atoms with van der Waals surface area (Å²) in [6.45, 7) is 8.30. The van der Waals surface area contributed by atoms with Crippen LogP contribution in [0.3, 0.4) is 0 Å². The molecule has 3 aromatic rings. The molecule has 0 aliphatic carbocycles. The van der Waals surface area contributed by atoms with E-state index in [4.69, 9.17) is 0 Å². The molecular formula is C22H25N9. The molecule has 1 fully saturated rings. The second-order valence-corrected chi connectivity index (χ2v) is 8.09. The van der Waals surface area contributed by atoms with Crippen LogP contribution in [0.25, 0.3) is 5.69 Å². The van der Waals surface area contributed by atoms with Gasteiger partial charge in [-0.05, 0) is 55.0 Å². The zero-order valence-corrected chi connectivity index (χ0v) is 17.9. The minimum Gasteiger partial charge on any atom is -0.335 e. The van der Waals surface area contributed by atoms with E-state index in [1.54, 1.807) is 4.68 Å². The molecule has 1 saturated heterocycles. The molecule has 1 aliphatic rings. The van der Waals surface area contributed by atoms with Crippen molar-refractivity contribution in [3.63, 3.8) is 0 Å². The Labute approximate surface area is 181 Å². The zero-order valence-electron chi connectivity index (χ0n) is 17.9. The number of tetrazole rings is 1. The number of nitrogens with one attached hydrogen (secondary N) is 1. The van der Waals surface area contributed by atoms with Crippen molar-refractivity contribution in [1.82, 2.24) is 25.1 Å². The number of anilines is 2. The predicted octanol–water partition coefficient (Wildman–Crippen LogP) is 2.82. The van der Waals surface area contributed by atoms with Gasteiger partial charge < -0.3 is 15.1 Å². The first-order valence-corrected chi connectivity index (χ1v) is 10.2. The lowest BCUT2D eigenvalue weighted by molar-refractivity contribution is 0.190. The topological polar surface area (TPSA) is 98.3 Å². The van der Waals surface area contributed by atoms with Gasteiger partial charge in [-0.25, -0.2) is 0 Å². The van der Waals surface area contributed by atoms with Gasteiger partial charge in [-0.15, -0.1) is 4.99 Å². The molecule has 4 rings (SSSR count). The van der Waals surface area contributed by atoms with E-state index in [1.807, 2.05) is 67.7 Å². The summed E-state index contributed by atoms with van der Waals surface area (Å²) in [7, 11) is 0. The number of aryl methyl sites for hydroxylation is 1. The van der Waals surface area contributed by atoms with Gasteiger partial charge in [-0.2, -0.15) is 9.94 Å². The molecule has 0 unspecified atom stereocenters. The number of piperazine rings is 1. The van der Waals surface area contributed by atoms with Crippen LogP contribution in [0.1, 0.15) is 19.4 Å². The van der Waals surface area contributed by atoms with Crippen LogP contribution in [0.5, 0.6) is 0 Å². The highest BCUT2D eigenvalue weighted by Gasteiger charge is 2.37. The molecule has 0 atom stereocenters. The second-order valence-electron chi connectivity index (χ2n) is 8.09. The number of rotatable bonds is 3. The van der Waals surface area contributed by atoms with E-state index < -0.39 is 0 Å². The summed E-state index contributed by atoms with van der Waals surface area (Å²) in [4.78, 5) is 8.41. The molecule has 1 aliphatic heterocycles. The molecule has 0 amide bonds. The first-order valence-electron chi connectivity index (χ1n) is 10.2. The average Bonchev–Trinajstić information content (AvgIpc) is 3.25. The molecule has 2 aromatic carbocycles. The van der Waals surface area contributed by atoms with Gasteiger partial charge in [0.2, 0.25) is 12.2 Å². The Bertz CT molecular complexity index is 1110. The lowest BCUT2D eigenvalue weighted by atomic mass is 9.99. The Kier molecular flexibility index (Phi) is 5.54. The van der Waals surface area contributed by atoms with E-state index in [0.717, 1.165) is 16.9 Å². The monoisotopic (exact) mass is 415 g/mol. The van der Waals surface area contributed by atoms with Crippen molar-refractivity contribution < 1.29 is 0 Å². The minimum absolute atomic E-state index is 0.322. The van der Waals surface area contributed by atoms with E-state index in [-0.39, 0.29) is 5.54 Å². The van der Waals surface area contributed by atoms with Gasteiger partial charge in [-0.3, -0.25) is 0 Å². The van der Waals surface area contributed by atoms with Crippen LogP contribution in [0, 0.1) is 18.4 Å². The van der Waals surface area contributed by atoms with Gasteiger partial charge in [0.1, 0.15) is 0 Å². The number of benzene rings is 2. The fourth-order valence-electron chi connectivity index (χ4n) is 3.87. The molecule has 0 bridgehead atoms. The van der Waals surface area contributed by atoms with Crippen molar-refractivity contribution in [2.24, 2.45) is 4.99 Å². The van der Waals surface area contributed by atoms with Crippen molar-refractivity contribution in [2.75, 3.05) is 29.9 Å². The summed E-state index contributed by atoms with van der Waals surface area (Å²) in [6.07, 6.45) is 1.95. The van der Waals surface area contributed by atoms with Crippen LogP contribution in [-0.2, 0) is 0 Å². The zero-order chi connectivity index (χ0) is 21.8. The largest absolute Gasteiger partial charge is 0.335 e. The highest BCUT2D eigenvalue weighted by Crippen LogP contribution is 2.27. The van der Waals surface area contributed by atoms with Crippen LogP contribution < -0.4 is 10.2 Å². The van der Waals surface area contributed by atoms with Crippen molar-refractivity contribution in [2.45, 2.75) is 26.3 Å². The van der Waals surface area contributed by atoms with Crippen molar-refractivity contribution in [1.29, 1.82) is 5.26 Å². The minimum atomic E-state index is -0.322. The van der Waals surface area contributed by atoms with Crippen LogP contribution in [0.2, 0.25) is 0 Å². The number of aliphatic imine (C=N–C) groups is 1. The van der Waals surface area contributed by atoms with Crippen molar-refractivity contribution in [3.8, 4) is 11.9 Å². The molecular weight excluding hydrogens is 390 g/mol. The number of guanidine groups is 1. The summed E-state index contributed by atoms with van der Waals surface area (Å²) >= 11 is 0. The SMILES string of the molecule is Cc1ccccc1N/C(=N\C#N)N1CCN(c2nnnn2-c2ccccc2)CC1(C)C. The number of hydrogen-bond acceptors (Lipinski definition) is 6.